The van der Waals surface area contributed by atoms with Crippen LogP contribution in [0.4, 0.5) is 0 Å². The number of pyridine rings is 1. The topological polar surface area (TPSA) is 57.0 Å². The first kappa shape index (κ1) is 11.7. The minimum atomic E-state index is -0.312. The molecule has 0 spiro atoms. The van der Waals surface area contributed by atoms with Gasteiger partial charge in [-0.15, -0.1) is 0 Å². The molecule has 0 saturated carbocycles. The van der Waals surface area contributed by atoms with Crippen molar-refractivity contribution in [3.05, 3.63) is 42.2 Å². The van der Waals surface area contributed by atoms with E-state index in [1.165, 1.54) is 0 Å². The lowest BCUT2D eigenvalue weighted by molar-refractivity contribution is 0.0761. The SMILES string of the molecule is N#CC1CCCN1C(=O)c1nccc2ccccc12. The Kier molecular flexibility index (Phi) is 2.88. The highest BCUT2D eigenvalue weighted by molar-refractivity contribution is 6.05. The number of aromatic nitrogens is 1. The number of amides is 1. The Morgan fingerprint density at radius 2 is 2.21 bits per heavy atom. The number of benzene rings is 1. The highest BCUT2D eigenvalue weighted by Crippen LogP contribution is 2.22. The maximum absolute atomic E-state index is 12.5. The average Bonchev–Trinajstić information content (AvgIpc) is 2.94. The molecule has 1 aromatic heterocycles. The van der Waals surface area contributed by atoms with E-state index in [-0.39, 0.29) is 11.9 Å². The monoisotopic (exact) mass is 251 g/mol. The normalized spacial score (nSPS) is 18.5. The number of nitriles is 1. The largest absolute Gasteiger partial charge is 0.321 e. The van der Waals surface area contributed by atoms with Gasteiger partial charge in [0.25, 0.3) is 5.91 Å². The van der Waals surface area contributed by atoms with Gasteiger partial charge in [0.05, 0.1) is 6.07 Å². The molecule has 4 nitrogen and oxygen atoms in total. The Bertz CT molecular complexity index is 669. The van der Waals surface area contributed by atoms with Crippen molar-refractivity contribution in [2.45, 2.75) is 18.9 Å². The lowest BCUT2D eigenvalue weighted by Gasteiger charge is -2.19. The van der Waals surface area contributed by atoms with E-state index in [2.05, 4.69) is 11.1 Å². The molecule has 1 aliphatic rings. The first-order valence-corrected chi connectivity index (χ1v) is 6.35. The molecule has 0 aliphatic carbocycles. The molecular weight excluding hydrogens is 238 g/mol. The van der Waals surface area contributed by atoms with Crippen molar-refractivity contribution in [1.82, 2.24) is 9.88 Å². The molecule has 1 fully saturated rings. The summed E-state index contributed by atoms with van der Waals surface area (Å²) in [6.45, 7) is 0.641. The number of carbonyl (C=O) groups is 1. The van der Waals surface area contributed by atoms with Gasteiger partial charge in [-0.3, -0.25) is 9.78 Å². The molecule has 1 aromatic carbocycles. The summed E-state index contributed by atoms with van der Waals surface area (Å²) < 4.78 is 0. The summed E-state index contributed by atoms with van der Waals surface area (Å²) >= 11 is 0. The summed E-state index contributed by atoms with van der Waals surface area (Å²) in [4.78, 5) is 18.4. The Hall–Kier alpha value is -2.41. The van der Waals surface area contributed by atoms with Crippen molar-refractivity contribution in [3.63, 3.8) is 0 Å². The Morgan fingerprint density at radius 1 is 1.37 bits per heavy atom. The van der Waals surface area contributed by atoms with Crippen molar-refractivity contribution in [2.75, 3.05) is 6.54 Å². The first-order valence-electron chi connectivity index (χ1n) is 6.35. The highest BCUT2D eigenvalue weighted by Gasteiger charge is 2.30. The summed E-state index contributed by atoms with van der Waals surface area (Å²) in [6.07, 6.45) is 3.29. The predicted molar refractivity (Wildman–Crippen MR) is 71.4 cm³/mol. The van der Waals surface area contributed by atoms with E-state index in [1.54, 1.807) is 11.1 Å². The second-order valence-electron chi connectivity index (χ2n) is 4.67. The molecule has 1 unspecified atom stereocenters. The van der Waals surface area contributed by atoms with Crippen molar-refractivity contribution in [3.8, 4) is 6.07 Å². The molecule has 1 aliphatic heterocycles. The molecular formula is C15H13N3O. The number of hydrogen-bond acceptors (Lipinski definition) is 3. The van der Waals surface area contributed by atoms with E-state index in [0.29, 0.717) is 12.2 Å². The molecule has 0 N–H and O–H groups in total. The zero-order valence-electron chi connectivity index (χ0n) is 10.4. The standard InChI is InChI=1S/C15H13N3O/c16-10-12-5-3-9-18(12)15(19)14-13-6-2-1-4-11(13)7-8-17-14/h1-2,4,6-8,12H,3,5,9H2. The summed E-state index contributed by atoms with van der Waals surface area (Å²) in [5.41, 5.74) is 0.445. The van der Waals surface area contributed by atoms with Gasteiger partial charge in [0, 0.05) is 18.1 Å². The maximum Gasteiger partial charge on any atom is 0.274 e. The van der Waals surface area contributed by atoms with E-state index in [4.69, 9.17) is 5.26 Å². The van der Waals surface area contributed by atoms with Crippen molar-refractivity contribution < 1.29 is 4.79 Å². The van der Waals surface area contributed by atoms with Gasteiger partial charge in [-0.25, -0.2) is 0 Å². The van der Waals surface area contributed by atoms with Crippen LogP contribution in [0.3, 0.4) is 0 Å². The van der Waals surface area contributed by atoms with Gasteiger partial charge in [0.15, 0.2) is 0 Å². The van der Waals surface area contributed by atoms with Crippen LogP contribution in [0.15, 0.2) is 36.5 Å². The van der Waals surface area contributed by atoms with Crippen LogP contribution in [0, 0.1) is 11.3 Å². The van der Waals surface area contributed by atoms with Crippen LogP contribution < -0.4 is 0 Å². The lowest BCUT2D eigenvalue weighted by Crippen LogP contribution is -2.35. The second kappa shape index (κ2) is 4.69. The molecule has 4 heteroatoms. The third-order valence-electron chi connectivity index (χ3n) is 3.54. The van der Waals surface area contributed by atoms with Gasteiger partial charge < -0.3 is 4.90 Å². The van der Waals surface area contributed by atoms with Gasteiger partial charge in [0.2, 0.25) is 0 Å². The third kappa shape index (κ3) is 1.93. The molecule has 94 valence electrons. The Balaban J connectivity index is 2.05. The van der Waals surface area contributed by atoms with Crippen LogP contribution in [0.1, 0.15) is 23.3 Å². The van der Waals surface area contributed by atoms with Crippen LogP contribution in [-0.2, 0) is 0 Å². The fraction of sp³-hybridized carbons (Fsp3) is 0.267. The number of rotatable bonds is 1. The Labute approximate surface area is 111 Å². The summed E-state index contributed by atoms with van der Waals surface area (Å²) in [6, 6.07) is 11.4. The van der Waals surface area contributed by atoms with Gasteiger partial charge in [-0.05, 0) is 24.3 Å². The molecule has 2 aromatic rings. The molecule has 1 amide bonds. The zero-order chi connectivity index (χ0) is 13.2. The smallest absolute Gasteiger partial charge is 0.274 e. The fourth-order valence-corrected chi connectivity index (χ4v) is 2.57. The van der Waals surface area contributed by atoms with Crippen LogP contribution in [0.25, 0.3) is 10.8 Å². The predicted octanol–water partition coefficient (Wildman–Crippen LogP) is 2.36. The van der Waals surface area contributed by atoms with Crippen molar-refractivity contribution in [1.29, 1.82) is 5.26 Å². The van der Waals surface area contributed by atoms with E-state index in [9.17, 15) is 4.79 Å². The van der Waals surface area contributed by atoms with Crippen LogP contribution in [0.2, 0.25) is 0 Å². The highest BCUT2D eigenvalue weighted by atomic mass is 16.2. The molecule has 0 bridgehead atoms. The first-order chi connectivity index (χ1) is 9.31. The summed E-state index contributed by atoms with van der Waals surface area (Å²) in [5, 5.41) is 10.9. The number of carbonyl (C=O) groups excluding carboxylic acids is 1. The van der Waals surface area contributed by atoms with Crippen LogP contribution in [0.5, 0.6) is 0 Å². The minimum Gasteiger partial charge on any atom is -0.321 e. The molecule has 0 radical (unpaired) electrons. The lowest BCUT2D eigenvalue weighted by atomic mass is 10.1. The zero-order valence-corrected chi connectivity index (χ0v) is 10.4. The van der Waals surface area contributed by atoms with E-state index in [0.717, 1.165) is 23.6 Å². The maximum atomic E-state index is 12.5. The van der Waals surface area contributed by atoms with Gasteiger partial charge >= 0.3 is 0 Å². The quantitative estimate of drug-likeness (QED) is 0.781. The summed E-state index contributed by atoms with van der Waals surface area (Å²) in [5.74, 6) is -0.138. The van der Waals surface area contributed by atoms with Crippen molar-refractivity contribution >= 4 is 16.7 Å². The van der Waals surface area contributed by atoms with Crippen LogP contribution in [-0.4, -0.2) is 28.4 Å². The second-order valence-corrected chi connectivity index (χ2v) is 4.67. The van der Waals surface area contributed by atoms with Gasteiger partial charge in [0.1, 0.15) is 11.7 Å². The molecule has 19 heavy (non-hydrogen) atoms. The molecule has 1 atom stereocenters. The van der Waals surface area contributed by atoms with E-state index in [1.807, 2.05) is 30.3 Å². The third-order valence-corrected chi connectivity index (χ3v) is 3.54. The number of likely N-dealkylation sites (tertiary alicyclic amines) is 1. The number of fused-ring (bicyclic) bond motifs is 1. The minimum absolute atomic E-state index is 0.138. The number of nitrogens with zero attached hydrogens (tertiary/aromatic N) is 3. The molecule has 2 heterocycles. The van der Waals surface area contributed by atoms with E-state index >= 15 is 0 Å². The Morgan fingerprint density at radius 3 is 3.05 bits per heavy atom. The van der Waals surface area contributed by atoms with Crippen LogP contribution >= 0.6 is 0 Å². The van der Waals surface area contributed by atoms with Gasteiger partial charge in [-0.1, -0.05) is 24.3 Å². The van der Waals surface area contributed by atoms with Crippen molar-refractivity contribution in [2.24, 2.45) is 0 Å². The fourth-order valence-electron chi connectivity index (χ4n) is 2.57. The summed E-state index contributed by atoms with van der Waals surface area (Å²) in [7, 11) is 0. The molecule has 1 saturated heterocycles. The van der Waals surface area contributed by atoms with Gasteiger partial charge in [-0.2, -0.15) is 5.26 Å². The van der Waals surface area contributed by atoms with E-state index < -0.39 is 0 Å². The molecule has 3 rings (SSSR count). The average molecular weight is 251 g/mol. The number of hydrogen-bond donors (Lipinski definition) is 0.